The molecule has 0 aliphatic heterocycles. The average molecular weight is 276 g/mol. The lowest BCUT2D eigenvalue weighted by Gasteiger charge is -2.08. The van der Waals surface area contributed by atoms with Gasteiger partial charge in [0.2, 0.25) is 0 Å². The predicted octanol–water partition coefficient (Wildman–Crippen LogP) is 3.22. The molecule has 2 aromatic rings. The summed E-state index contributed by atoms with van der Waals surface area (Å²) in [5, 5.41) is 4.10. The van der Waals surface area contributed by atoms with E-state index in [9.17, 15) is 0 Å². The Labute approximate surface area is 119 Å². The first kappa shape index (κ1) is 14.0. The fourth-order valence-electron chi connectivity index (χ4n) is 1.76. The Morgan fingerprint density at radius 1 is 1.26 bits per heavy atom. The van der Waals surface area contributed by atoms with Crippen molar-refractivity contribution in [2.24, 2.45) is 0 Å². The van der Waals surface area contributed by atoms with Gasteiger partial charge in [-0.05, 0) is 23.8 Å². The van der Waals surface area contributed by atoms with Crippen LogP contribution in [0.25, 0.3) is 0 Å². The lowest BCUT2D eigenvalue weighted by atomic mass is 10.1. The van der Waals surface area contributed by atoms with Crippen LogP contribution in [-0.2, 0) is 13.0 Å². The highest BCUT2D eigenvalue weighted by atomic mass is 35.5. The normalized spacial score (nSPS) is 10.9. The fraction of sp³-hybridized carbons (Fsp3) is 0.333. The Bertz CT molecular complexity index is 540. The van der Waals surface area contributed by atoms with E-state index in [4.69, 9.17) is 11.6 Å². The number of benzene rings is 1. The van der Waals surface area contributed by atoms with Crippen LogP contribution in [0.3, 0.4) is 0 Å². The third-order valence-corrected chi connectivity index (χ3v) is 2.94. The average Bonchev–Trinajstić information content (AvgIpc) is 2.37. The van der Waals surface area contributed by atoms with Crippen LogP contribution >= 0.6 is 11.6 Å². The lowest BCUT2D eigenvalue weighted by Crippen LogP contribution is -2.22. The first-order valence-electron chi connectivity index (χ1n) is 6.42. The predicted molar refractivity (Wildman–Crippen MR) is 78.3 cm³/mol. The maximum atomic E-state index is 5.98. The summed E-state index contributed by atoms with van der Waals surface area (Å²) in [6.45, 7) is 5.00. The summed E-state index contributed by atoms with van der Waals surface area (Å²) in [6, 6.07) is 10.2. The molecule has 100 valence electrons. The Morgan fingerprint density at radius 2 is 2.11 bits per heavy atom. The fourth-order valence-corrected chi connectivity index (χ4v) is 1.98. The Kier molecular flexibility index (Phi) is 4.88. The number of aromatic nitrogens is 2. The largest absolute Gasteiger partial charge is 0.309 e. The summed E-state index contributed by atoms with van der Waals surface area (Å²) in [6.07, 6.45) is 2.51. The molecule has 1 heterocycles. The zero-order valence-corrected chi connectivity index (χ0v) is 12.0. The van der Waals surface area contributed by atoms with Gasteiger partial charge in [0.25, 0.3) is 0 Å². The first-order valence-corrected chi connectivity index (χ1v) is 6.80. The van der Waals surface area contributed by atoms with Crippen molar-refractivity contribution in [1.29, 1.82) is 0 Å². The van der Waals surface area contributed by atoms with Gasteiger partial charge >= 0.3 is 0 Å². The van der Waals surface area contributed by atoms with Crippen molar-refractivity contribution >= 4 is 11.6 Å². The summed E-state index contributed by atoms with van der Waals surface area (Å²) in [4.78, 5) is 8.86. The SMILES string of the molecule is CC(C)NCc1ccnc(Cc2cccc(Cl)c2)n1. The van der Waals surface area contributed by atoms with Gasteiger partial charge in [0.15, 0.2) is 0 Å². The molecule has 3 nitrogen and oxygen atoms in total. The second-order valence-corrected chi connectivity index (χ2v) is 5.24. The molecule has 0 saturated heterocycles. The van der Waals surface area contributed by atoms with Gasteiger partial charge in [-0.1, -0.05) is 37.6 Å². The smallest absolute Gasteiger partial charge is 0.132 e. The maximum Gasteiger partial charge on any atom is 0.132 e. The number of hydrogen-bond acceptors (Lipinski definition) is 3. The molecule has 0 amide bonds. The van der Waals surface area contributed by atoms with E-state index in [2.05, 4.69) is 29.1 Å². The summed E-state index contributed by atoms with van der Waals surface area (Å²) >= 11 is 5.98. The summed E-state index contributed by atoms with van der Waals surface area (Å²) in [5.41, 5.74) is 2.14. The van der Waals surface area contributed by atoms with Crippen LogP contribution in [0.2, 0.25) is 5.02 Å². The molecule has 0 radical (unpaired) electrons. The van der Waals surface area contributed by atoms with Gasteiger partial charge in [-0.3, -0.25) is 0 Å². The second-order valence-electron chi connectivity index (χ2n) is 4.81. The van der Waals surface area contributed by atoms with Gasteiger partial charge in [-0.15, -0.1) is 0 Å². The second kappa shape index (κ2) is 6.64. The minimum Gasteiger partial charge on any atom is -0.309 e. The topological polar surface area (TPSA) is 37.8 Å². The molecule has 2 rings (SSSR count). The van der Waals surface area contributed by atoms with Crippen LogP contribution in [-0.4, -0.2) is 16.0 Å². The molecule has 1 aromatic heterocycles. The van der Waals surface area contributed by atoms with Crippen molar-refractivity contribution in [1.82, 2.24) is 15.3 Å². The van der Waals surface area contributed by atoms with Crippen LogP contribution in [0, 0.1) is 0 Å². The quantitative estimate of drug-likeness (QED) is 0.910. The van der Waals surface area contributed by atoms with Crippen LogP contribution in [0.1, 0.15) is 30.9 Å². The highest BCUT2D eigenvalue weighted by molar-refractivity contribution is 6.30. The molecule has 0 fully saturated rings. The molecule has 19 heavy (non-hydrogen) atoms. The Morgan fingerprint density at radius 3 is 2.84 bits per heavy atom. The molecule has 1 aromatic carbocycles. The number of nitrogens with zero attached hydrogens (tertiary/aromatic N) is 2. The minimum atomic E-state index is 0.450. The van der Waals surface area contributed by atoms with Crippen LogP contribution in [0.15, 0.2) is 36.5 Å². The van der Waals surface area contributed by atoms with Crippen molar-refractivity contribution in [3.8, 4) is 0 Å². The molecular weight excluding hydrogens is 258 g/mol. The third-order valence-electron chi connectivity index (χ3n) is 2.71. The van der Waals surface area contributed by atoms with Crippen LogP contribution in [0.4, 0.5) is 0 Å². The van der Waals surface area contributed by atoms with Crippen molar-refractivity contribution < 1.29 is 0 Å². The minimum absolute atomic E-state index is 0.450. The Hall–Kier alpha value is -1.45. The summed E-state index contributed by atoms with van der Waals surface area (Å²) in [5.74, 6) is 0.824. The number of rotatable bonds is 5. The zero-order valence-electron chi connectivity index (χ0n) is 11.2. The van der Waals surface area contributed by atoms with E-state index in [1.807, 2.05) is 36.5 Å². The third kappa shape index (κ3) is 4.62. The van der Waals surface area contributed by atoms with E-state index in [-0.39, 0.29) is 0 Å². The van der Waals surface area contributed by atoms with Crippen molar-refractivity contribution in [2.75, 3.05) is 0 Å². The summed E-state index contributed by atoms with van der Waals surface area (Å²) in [7, 11) is 0. The van der Waals surface area contributed by atoms with Crippen molar-refractivity contribution in [2.45, 2.75) is 32.9 Å². The molecule has 0 atom stereocenters. The molecule has 0 saturated carbocycles. The number of hydrogen-bond donors (Lipinski definition) is 1. The van der Waals surface area contributed by atoms with Gasteiger partial charge in [0, 0.05) is 30.2 Å². The molecule has 0 bridgehead atoms. The van der Waals surface area contributed by atoms with Gasteiger partial charge in [0.05, 0.1) is 5.69 Å². The highest BCUT2D eigenvalue weighted by Crippen LogP contribution is 2.13. The van der Waals surface area contributed by atoms with E-state index >= 15 is 0 Å². The molecule has 0 aliphatic carbocycles. The van der Waals surface area contributed by atoms with E-state index in [0.29, 0.717) is 12.5 Å². The molecule has 0 unspecified atom stereocenters. The molecule has 0 aliphatic rings. The van der Waals surface area contributed by atoms with Crippen molar-refractivity contribution in [3.05, 3.63) is 58.6 Å². The zero-order chi connectivity index (χ0) is 13.7. The number of halogens is 1. The van der Waals surface area contributed by atoms with Gasteiger partial charge in [0.1, 0.15) is 5.82 Å². The van der Waals surface area contributed by atoms with Gasteiger partial charge in [-0.25, -0.2) is 9.97 Å². The monoisotopic (exact) mass is 275 g/mol. The maximum absolute atomic E-state index is 5.98. The van der Waals surface area contributed by atoms with Crippen LogP contribution in [0.5, 0.6) is 0 Å². The standard InChI is InChI=1S/C15H18ClN3/c1-11(2)18-10-14-6-7-17-15(19-14)9-12-4-3-5-13(16)8-12/h3-8,11,18H,9-10H2,1-2H3. The molecule has 4 heteroatoms. The van der Waals surface area contributed by atoms with Crippen molar-refractivity contribution in [3.63, 3.8) is 0 Å². The Balaban J connectivity index is 2.06. The van der Waals surface area contributed by atoms with Crippen LogP contribution < -0.4 is 5.32 Å². The van der Waals surface area contributed by atoms with E-state index < -0.39 is 0 Å². The first-order chi connectivity index (χ1) is 9.13. The van der Waals surface area contributed by atoms with Gasteiger partial charge in [-0.2, -0.15) is 0 Å². The molecule has 1 N–H and O–H groups in total. The van der Waals surface area contributed by atoms with E-state index in [0.717, 1.165) is 28.6 Å². The lowest BCUT2D eigenvalue weighted by molar-refractivity contribution is 0.579. The van der Waals surface area contributed by atoms with E-state index in [1.165, 1.54) is 0 Å². The molecule has 0 spiro atoms. The van der Waals surface area contributed by atoms with Gasteiger partial charge < -0.3 is 5.32 Å². The highest BCUT2D eigenvalue weighted by Gasteiger charge is 2.02. The number of nitrogens with one attached hydrogen (secondary N) is 1. The van der Waals surface area contributed by atoms with E-state index in [1.54, 1.807) is 0 Å². The molecular formula is C15H18ClN3. The summed E-state index contributed by atoms with van der Waals surface area (Å²) < 4.78 is 0.